The molecule has 64 valence electrons. The summed E-state index contributed by atoms with van der Waals surface area (Å²) >= 11 is 1.38. The molecule has 0 atom stereocenters. The van der Waals surface area contributed by atoms with Crippen molar-refractivity contribution >= 4 is 30.7 Å². The molecule has 3 nitrogen and oxygen atoms in total. The van der Waals surface area contributed by atoms with Crippen LogP contribution in [0.25, 0.3) is 0 Å². The topological polar surface area (TPSA) is 39.2 Å². The van der Waals surface area contributed by atoms with Crippen LogP contribution in [0.15, 0.2) is 0 Å². The Balaban J connectivity index is 2.87. The van der Waals surface area contributed by atoms with E-state index < -0.39 is 0 Å². The number of hydrogen-bond donors (Lipinski definition) is 0. The molecule has 0 radical (unpaired) electrons. The van der Waals surface area contributed by atoms with Crippen LogP contribution in [0.1, 0.15) is 21.6 Å². The molecule has 0 aliphatic heterocycles. The van der Waals surface area contributed by atoms with Crippen LogP contribution < -0.4 is 5.59 Å². The van der Waals surface area contributed by atoms with Crippen LogP contribution in [0.2, 0.25) is 0 Å². The van der Waals surface area contributed by atoms with Gasteiger partial charge < -0.3 is 4.74 Å². The van der Waals surface area contributed by atoms with Gasteiger partial charge in [-0.3, -0.25) is 4.98 Å². The number of thiazole rings is 1. The van der Waals surface area contributed by atoms with Gasteiger partial charge in [0.1, 0.15) is 4.88 Å². The van der Waals surface area contributed by atoms with Crippen molar-refractivity contribution in [1.82, 2.24) is 4.98 Å². The summed E-state index contributed by atoms with van der Waals surface area (Å²) < 4.78 is 4.85. The number of rotatable bonds is 2. The number of carbonyl (C=O) groups excluding carboxylic acids is 1. The van der Waals surface area contributed by atoms with E-state index in [1.165, 1.54) is 11.3 Å². The highest BCUT2D eigenvalue weighted by atomic mass is 32.1. The zero-order valence-electron chi connectivity index (χ0n) is 7.38. The van der Waals surface area contributed by atoms with E-state index in [2.05, 4.69) is 4.98 Å². The summed E-state index contributed by atoms with van der Waals surface area (Å²) in [6.45, 7) is 4.08. The minimum Gasteiger partial charge on any atom is -0.462 e. The molecule has 0 aromatic carbocycles. The SMILES string of the molecule is Bc1nc(C)sc1C(=O)OCC. The number of aromatic nitrogens is 1. The Morgan fingerprint density at radius 1 is 1.75 bits per heavy atom. The van der Waals surface area contributed by atoms with Gasteiger partial charge in [-0.25, -0.2) is 4.79 Å². The number of nitrogens with zero attached hydrogens (tertiary/aromatic N) is 1. The lowest BCUT2D eigenvalue weighted by atomic mass is 10.0. The first kappa shape index (κ1) is 9.25. The van der Waals surface area contributed by atoms with Gasteiger partial charge in [-0.15, -0.1) is 11.3 Å². The van der Waals surface area contributed by atoms with Crippen LogP contribution in [0.5, 0.6) is 0 Å². The first-order valence-electron chi connectivity index (χ1n) is 3.76. The van der Waals surface area contributed by atoms with Crippen LogP contribution in [0.3, 0.4) is 0 Å². The third-order valence-electron chi connectivity index (χ3n) is 1.36. The normalized spacial score (nSPS) is 9.83. The van der Waals surface area contributed by atoms with Gasteiger partial charge in [-0.05, 0) is 13.8 Å². The fourth-order valence-electron chi connectivity index (χ4n) is 0.917. The van der Waals surface area contributed by atoms with Crippen LogP contribution in [-0.4, -0.2) is 25.4 Å². The van der Waals surface area contributed by atoms with Crippen molar-refractivity contribution in [1.29, 1.82) is 0 Å². The molecule has 1 aromatic rings. The molecule has 0 unspecified atom stereocenters. The van der Waals surface area contributed by atoms with Crippen LogP contribution in [0.4, 0.5) is 0 Å². The molecule has 0 N–H and O–H groups in total. The van der Waals surface area contributed by atoms with Gasteiger partial charge in [0.05, 0.1) is 11.6 Å². The highest BCUT2D eigenvalue weighted by molar-refractivity contribution is 7.14. The molecule has 0 aliphatic rings. The summed E-state index contributed by atoms with van der Waals surface area (Å²) in [7, 11) is 1.82. The second kappa shape index (κ2) is 3.71. The van der Waals surface area contributed by atoms with Gasteiger partial charge in [-0.2, -0.15) is 0 Å². The van der Waals surface area contributed by atoms with Crippen molar-refractivity contribution < 1.29 is 9.53 Å². The maximum atomic E-state index is 11.2. The van der Waals surface area contributed by atoms with E-state index in [4.69, 9.17) is 4.74 Å². The van der Waals surface area contributed by atoms with Gasteiger partial charge in [0.25, 0.3) is 0 Å². The monoisotopic (exact) mass is 183 g/mol. The molecule has 0 spiro atoms. The fourth-order valence-corrected chi connectivity index (χ4v) is 1.73. The molecule has 1 heterocycles. The van der Waals surface area contributed by atoms with E-state index in [1.54, 1.807) is 6.92 Å². The van der Waals surface area contributed by atoms with Crippen LogP contribution in [0, 0.1) is 6.92 Å². The molecule has 1 rings (SSSR count). The molecular formula is C7H10BNO2S. The Bertz CT molecular complexity index is 298. The predicted molar refractivity (Wildman–Crippen MR) is 51.0 cm³/mol. The maximum absolute atomic E-state index is 11.2. The van der Waals surface area contributed by atoms with Crippen LogP contribution in [-0.2, 0) is 4.74 Å². The molecule has 0 amide bonds. The minimum atomic E-state index is -0.263. The van der Waals surface area contributed by atoms with Crippen molar-refractivity contribution in [3.05, 3.63) is 9.88 Å². The molecule has 0 aliphatic carbocycles. The third-order valence-corrected chi connectivity index (χ3v) is 2.42. The summed E-state index contributed by atoms with van der Waals surface area (Å²) in [5.74, 6) is -0.263. The smallest absolute Gasteiger partial charge is 0.349 e. The average molecular weight is 183 g/mol. The first-order valence-corrected chi connectivity index (χ1v) is 4.58. The number of carbonyl (C=O) groups is 1. The number of ether oxygens (including phenoxy) is 1. The molecular weight excluding hydrogens is 173 g/mol. The van der Waals surface area contributed by atoms with Crippen molar-refractivity contribution in [3.8, 4) is 0 Å². The van der Waals surface area contributed by atoms with E-state index in [0.717, 1.165) is 10.6 Å². The molecule has 0 saturated carbocycles. The summed E-state index contributed by atoms with van der Waals surface area (Å²) in [5.41, 5.74) is 0.760. The highest BCUT2D eigenvalue weighted by Crippen LogP contribution is 2.09. The molecule has 1 aromatic heterocycles. The quantitative estimate of drug-likeness (QED) is 0.474. The lowest BCUT2D eigenvalue weighted by molar-refractivity contribution is 0.0533. The van der Waals surface area contributed by atoms with E-state index in [-0.39, 0.29) is 5.97 Å². The number of hydrogen-bond acceptors (Lipinski definition) is 4. The van der Waals surface area contributed by atoms with Crippen molar-refractivity contribution in [2.24, 2.45) is 0 Å². The van der Waals surface area contributed by atoms with Crippen molar-refractivity contribution in [2.45, 2.75) is 13.8 Å². The summed E-state index contributed by atoms with van der Waals surface area (Å²) in [4.78, 5) is 16.0. The third kappa shape index (κ3) is 1.85. The zero-order chi connectivity index (χ0) is 9.14. The lowest BCUT2D eigenvalue weighted by Crippen LogP contribution is -2.16. The maximum Gasteiger partial charge on any atom is 0.349 e. The number of aryl methyl sites for hydroxylation is 1. The Morgan fingerprint density at radius 3 is 2.83 bits per heavy atom. The predicted octanol–water partition coefficient (Wildman–Crippen LogP) is -0.113. The van der Waals surface area contributed by atoms with Crippen LogP contribution >= 0.6 is 11.3 Å². The minimum absolute atomic E-state index is 0.263. The van der Waals surface area contributed by atoms with Gasteiger partial charge in [-0.1, -0.05) is 0 Å². The van der Waals surface area contributed by atoms with E-state index in [9.17, 15) is 4.79 Å². The summed E-state index contributed by atoms with van der Waals surface area (Å²) in [6.07, 6.45) is 0. The van der Waals surface area contributed by atoms with Crippen molar-refractivity contribution in [3.63, 3.8) is 0 Å². The first-order chi connectivity index (χ1) is 5.65. The largest absolute Gasteiger partial charge is 0.462 e. The van der Waals surface area contributed by atoms with E-state index in [0.29, 0.717) is 11.5 Å². The molecule has 5 heteroatoms. The highest BCUT2D eigenvalue weighted by Gasteiger charge is 2.13. The molecule has 0 saturated heterocycles. The van der Waals surface area contributed by atoms with Gasteiger partial charge in [0.2, 0.25) is 0 Å². The van der Waals surface area contributed by atoms with Crippen molar-refractivity contribution in [2.75, 3.05) is 6.61 Å². The average Bonchev–Trinajstić information content (AvgIpc) is 2.30. The fraction of sp³-hybridized carbons (Fsp3) is 0.429. The Kier molecular flexibility index (Phi) is 2.86. The van der Waals surface area contributed by atoms with Gasteiger partial charge in [0.15, 0.2) is 7.85 Å². The van der Waals surface area contributed by atoms with E-state index in [1.807, 2.05) is 14.8 Å². The Hall–Kier alpha value is -0.835. The Labute approximate surface area is 76.2 Å². The molecule has 0 bridgehead atoms. The molecule has 0 fully saturated rings. The summed E-state index contributed by atoms with van der Waals surface area (Å²) in [6, 6.07) is 0. The van der Waals surface area contributed by atoms with E-state index >= 15 is 0 Å². The van der Waals surface area contributed by atoms with Gasteiger partial charge >= 0.3 is 5.97 Å². The number of esters is 1. The standard InChI is InChI=1S/C7H10BNO2S/c1-3-11-7(10)5-6(8)9-4(2)12-5/h3,8H2,1-2H3. The zero-order valence-corrected chi connectivity index (χ0v) is 8.20. The lowest BCUT2D eigenvalue weighted by Gasteiger charge is -1.97. The summed E-state index contributed by atoms with van der Waals surface area (Å²) in [5, 5.41) is 0.899. The van der Waals surface area contributed by atoms with Gasteiger partial charge in [0, 0.05) is 5.59 Å². The second-order valence-corrected chi connectivity index (χ2v) is 3.57. The Morgan fingerprint density at radius 2 is 2.42 bits per heavy atom. The molecule has 12 heavy (non-hydrogen) atoms. The second-order valence-electron chi connectivity index (χ2n) is 2.37.